The fourth-order valence-electron chi connectivity index (χ4n) is 1.80. The van der Waals surface area contributed by atoms with Crippen molar-refractivity contribution in [2.75, 3.05) is 5.75 Å². The van der Waals surface area contributed by atoms with Crippen LogP contribution in [-0.4, -0.2) is 24.0 Å². The summed E-state index contributed by atoms with van der Waals surface area (Å²) >= 11 is 7.25. The summed E-state index contributed by atoms with van der Waals surface area (Å²) in [5.74, 6) is 0.941. The van der Waals surface area contributed by atoms with E-state index in [2.05, 4.69) is 10.5 Å². The van der Waals surface area contributed by atoms with Gasteiger partial charge in [0.15, 0.2) is 0 Å². The number of benzene rings is 2. The maximum Gasteiger partial charge on any atom is 0.250 e. The maximum atomic E-state index is 11.8. The van der Waals surface area contributed by atoms with Crippen LogP contribution in [0.3, 0.4) is 0 Å². The predicted molar refractivity (Wildman–Crippen MR) is 100 cm³/mol. The van der Waals surface area contributed by atoms with Crippen LogP contribution >= 0.6 is 23.4 Å². The van der Waals surface area contributed by atoms with Gasteiger partial charge in [-0.2, -0.15) is 5.10 Å². The number of halogens is 1. The predicted octanol–water partition coefficient (Wildman–Crippen LogP) is 4.37. The SMILES string of the molecule is CC(C)Oc1ccc(/C=N/NC(=O)CSc2ccc(Cl)cc2)cc1. The van der Waals surface area contributed by atoms with Gasteiger partial charge in [-0.1, -0.05) is 11.6 Å². The number of amides is 1. The zero-order chi connectivity index (χ0) is 17.4. The van der Waals surface area contributed by atoms with E-state index in [1.807, 2.05) is 50.2 Å². The fraction of sp³-hybridized carbons (Fsp3) is 0.222. The second kappa shape index (κ2) is 9.35. The molecule has 0 spiro atoms. The standard InChI is InChI=1S/C18H19ClN2O2S/c1-13(2)23-16-7-3-14(4-8-16)11-20-21-18(22)12-24-17-9-5-15(19)6-10-17/h3-11,13H,12H2,1-2H3,(H,21,22)/b20-11+. The first-order valence-corrected chi connectivity index (χ1v) is 8.86. The van der Waals surface area contributed by atoms with Gasteiger partial charge in [-0.05, 0) is 67.9 Å². The summed E-state index contributed by atoms with van der Waals surface area (Å²) in [6.45, 7) is 3.96. The number of hydrogen-bond donors (Lipinski definition) is 1. The molecule has 0 fully saturated rings. The molecule has 0 bridgehead atoms. The second-order valence-corrected chi connectivity index (χ2v) is 6.76. The molecule has 2 rings (SSSR count). The summed E-state index contributed by atoms with van der Waals surface area (Å²) in [6.07, 6.45) is 1.74. The summed E-state index contributed by atoms with van der Waals surface area (Å²) in [5.41, 5.74) is 3.40. The summed E-state index contributed by atoms with van der Waals surface area (Å²) in [7, 11) is 0. The number of thioether (sulfide) groups is 1. The van der Waals surface area contributed by atoms with E-state index in [-0.39, 0.29) is 12.0 Å². The topological polar surface area (TPSA) is 50.7 Å². The van der Waals surface area contributed by atoms with E-state index in [9.17, 15) is 4.79 Å². The Labute approximate surface area is 151 Å². The third-order valence-electron chi connectivity index (χ3n) is 2.84. The van der Waals surface area contributed by atoms with Crippen molar-refractivity contribution in [2.24, 2.45) is 5.10 Å². The lowest BCUT2D eigenvalue weighted by Crippen LogP contribution is -2.19. The number of hydrogen-bond acceptors (Lipinski definition) is 4. The van der Waals surface area contributed by atoms with Gasteiger partial charge in [0, 0.05) is 9.92 Å². The number of ether oxygens (including phenoxy) is 1. The van der Waals surface area contributed by atoms with Gasteiger partial charge in [-0.3, -0.25) is 4.79 Å². The van der Waals surface area contributed by atoms with Crippen molar-refractivity contribution in [3.05, 3.63) is 59.1 Å². The molecule has 0 radical (unpaired) electrons. The first-order valence-electron chi connectivity index (χ1n) is 7.50. The molecule has 0 aliphatic heterocycles. The Morgan fingerprint density at radius 2 is 1.88 bits per heavy atom. The minimum atomic E-state index is -0.161. The zero-order valence-corrected chi connectivity index (χ0v) is 15.1. The molecule has 4 nitrogen and oxygen atoms in total. The van der Waals surface area contributed by atoms with Crippen LogP contribution in [0.1, 0.15) is 19.4 Å². The second-order valence-electron chi connectivity index (χ2n) is 5.27. The monoisotopic (exact) mass is 362 g/mol. The van der Waals surface area contributed by atoms with Gasteiger partial charge in [0.25, 0.3) is 0 Å². The van der Waals surface area contributed by atoms with E-state index in [1.165, 1.54) is 11.8 Å². The largest absolute Gasteiger partial charge is 0.491 e. The maximum absolute atomic E-state index is 11.8. The first-order chi connectivity index (χ1) is 11.5. The average Bonchev–Trinajstić information content (AvgIpc) is 2.55. The molecular formula is C18H19ClN2O2S. The van der Waals surface area contributed by atoms with Crippen LogP contribution < -0.4 is 10.2 Å². The van der Waals surface area contributed by atoms with Gasteiger partial charge < -0.3 is 4.74 Å². The van der Waals surface area contributed by atoms with Crippen molar-refractivity contribution in [2.45, 2.75) is 24.8 Å². The molecular weight excluding hydrogens is 344 g/mol. The number of nitrogens with zero attached hydrogens (tertiary/aromatic N) is 1. The Balaban J connectivity index is 1.76. The number of nitrogens with one attached hydrogen (secondary N) is 1. The Hall–Kier alpha value is -1.98. The average molecular weight is 363 g/mol. The van der Waals surface area contributed by atoms with Gasteiger partial charge in [0.1, 0.15) is 5.75 Å². The van der Waals surface area contributed by atoms with Crippen LogP contribution in [0.5, 0.6) is 5.75 Å². The molecule has 0 aromatic heterocycles. The third kappa shape index (κ3) is 6.64. The normalized spacial score (nSPS) is 11.0. The summed E-state index contributed by atoms with van der Waals surface area (Å²) in [5, 5.41) is 4.64. The van der Waals surface area contributed by atoms with Gasteiger partial charge in [-0.25, -0.2) is 5.43 Å². The van der Waals surface area contributed by atoms with Crippen molar-refractivity contribution >= 4 is 35.5 Å². The van der Waals surface area contributed by atoms with E-state index in [4.69, 9.17) is 16.3 Å². The molecule has 1 N–H and O–H groups in total. The Kier molecular flexibility index (Phi) is 7.15. The molecule has 0 heterocycles. The number of carbonyl (C=O) groups is 1. The van der Waals surface area contributed by atoms with Crippen molar-refractivity contribution < 1.29 is 9.53 Å². The Morgan fingerprint density at radius 3 is 2.50 bits per heavy atom. The number of hydrazone groups is 1. The smallest absolute Gasteiger partial charge is 0.250 e. The molecule has 0 aliphatic carbocycles. The third-order valence-corrected chi connectivity index (χ3v) is 4.10. The lowest BCUT2D eigenvalue weighted by Gasteiger charge is -2.09. The van der Waals surface area contributed by atoms with E-state index in [0.29, 0.717) is 10.8 Å². The molecule has 2 aromatic carbocycles. The van der Waals surface area contributed by atoms with Crippen LogP contribution in [0.25, 0.3) is 0 Å². The Morgan fingerprint density at radius 1 is 1.21 bits per heavy atom. The summed E-state index contributed by atoms with van der Waals surface area (Å²) < 4.78 is 5.57. The molecule has 24 heavy (non-hydrogen) atoms. The van der Waals surface area contributed by atoms with E-state index in [0.717, 1.165) is 16.2 Å². The van der Waals surface area contributed by atoms with Crippen molar-refractivity contribution in [1.82, 2.24) is 5.43 Å². The molecule has 126 valence electrons. The van der Waals surface area contributed by atoms with Gasteiger partial charge >= 0.3 is 0 Å². The van der Waals surface area contributed by atoms with Crippen molar-refractivity contribution in [3.63, 3.8) is 0 Å². The fourth-order valence-corrected chi connectivity index (χ4v) is 2.61. The lowest BCUT2D eigenvalue weighted by molar-refractivity contribution is -0.118. The molecule has 2 aromatic rings. The quantitative estimate of drug-likeness (QED) is 0.452. The highest BCUT2D eigenvalue weighted by Crippen LogP contribution is 2.19. The van der Waals surface area contributed by atoms with Crippen LogP contribution in [0.2, 0.25) is 5.02 Å². The summed E-state index contributed by atoms with van der Waals surface area (Å²) in [4.78, 5) is 12.7. The molecule has 0 atom stereocenters. The first kappa shape index (κ1) is 18.4. The minimum absolute atomic E-state index is 0.141. The van der Waals surface area contributed by atoms with Gasteiger partial charge in [0.05, 0.1) is 18.1 Å². The molecule has 0 saturated heterocycles. The highest BCUT2D eigenvalue weighted by atomic mass is 35.5. The van der Waals surface area contributed by atoms with E-state index < -0.39 is 0 Å². The highest BCUT2D eigenvalue weighted by molar-refractivity contribution is 8.00. The van der Waals surface area contributed by atoms with Crippen LogP contribution in [-0.2, 0) is 4.79 Å². The summed E-state index contributed by atoms with van der Waals surface area (Å²) in [6, 6.07) is 14.9. The van der Waals surface area contributed by atoms with Crippen LogP contribution in [0.4, 0.5) is 0 Å². The highest BCUT2D eigenvalue weighted by Gasteiger charge is 2.02. The van der Waals surface area contributed by atoms with Crippen LogP contribution in [0.15, 0.2) is 58.5 Å². The molecule has 0 saturated carbocycles. The Bertz CT molecular complexity index is 685. The van der Waals surface area contributed by atoms with Gasteiger partial charge in [-0.15, -0.1) is 11.8 Å². The van der Waals surface area contributed by atoms with Crippen molar-refractivity contribution in [3.8, 4) is 5.75 Å². The molecule has 0 aliphatic rings. The van der Waals surface area contributed by atoms with Crippen LogP contribution in [0, 0.1) is 0 Å². The minimum Gasteiger partial charge on any atom is -0.491 e. The van der Waals surface area contributed by atoms with Crippen molar-refractivity contribution in [1.29, 1.82) is 0 Å². The van der Waals surface area contributed by atoms with Gasteiger partial charge in [0.2, 0.25) is 5.91 Å². The molecule has 1 amide bonds. The number of rotatable bonds is 7. The molecule has 0 unspecified atom stereocenters. The lowest BCUT2D eigenvalue weighted by atomic mass is 10.2. The van der Waals surface area contributed by atoms with E-state index in [1.54, 1.807) is 18.3 Å². The number of carbonyl (C=O) groups excluding carboxylic acids is 1. The zero-order valence-electron chi connectivity index (χ0n) is 13.5. The molecule has 6 heteroatoms. The van der Waals surface area contributed by atoms with E-state index >= 15 is 0 Å².